The van der Waals surface area contributed by atoms with Crippen molar-refractivity contribution in [3.63, 3.8) is 0 Å². The molecular weight excluding hydrogens is 529 g/mol. The van der Waals surface area contributed by atoms with Crippen LogP contribution < -0.4 is 4.90 Å². The molecule has 0 aliphatic carbocycles. The average Bonchev–Trinajstić information content (AvgIpc) is 3.04. The van der Waals surface area contributed by atoms with E-state index < -0.39 is 5.60 Å². The Bertz CT molecular complexity index is 1130. The fraction of sp³-hybridized carbons (Fsp3) is 0.409. The van der Waals surface area contributed by atoms with Crippen molar-refractivity contribution in [2.45, 2.75) is 39.3 Å². The molecule has 1 atom stereocenters. The number of piperazine rings is 1. The minimum atomic E-state index is -0.504. The first kappa shape index (κ1) is 22.1. The number of amides is 1. The molecule has 1 saturated heterocycles. The first-order valence-corrected chi connectivity index (χ1v) is 11.6. The maximum Gasteiger partial charge on any atom is 0.410 e. The summed E-state index contributed by atoms with van der Waals surface area (Å²) in [7, 11) is 0. The summed E-state index contributed by atoms with van der Waals surface area (Å²) in [6.45, 7) is 9.58. The Balaban J connectivity index is 1.64. The largest absolute Gasteiger partial charge is 0.444 e. The van der Waals surface area contributed by atoms with Crippen LogP contribution in [0.4, 0.5) is 10.6 Å². The van der Waals surface area contributed by atoms with Crippen molar-refractivity contribution in [2.75, 3.05) is 24.5 Å². The number of anilines is 1. The van der Waals surface area contributed by atoms with Crippen LogP contribution in [0.15, 0.2) is 36.8 Å². The van der Waals surface area contributed by atoms with Gasteiger partial charge < -0.3 is 19.1 Å². The van der Waals surface area contributed by atoms with Crippen molar-refractivity contribution < 1.29 is 9.53 Å². The fourth-order valence-electron chi connectivity index (χ4n) is 3.81. The van der Waals surface area contributed by atoms with Crippen LogP contribution >= 0.6 is 34.2 Å². The summed E-state index contributed by atoms with van der Waals surface area (Å²) in [5, 5.41) is 1.68. The second kappa shape index (κ2) is 8.46. The van der Waals surface area contributed by atoms with Crippen LogP contribution in [0.25, 0.3) is 16.7 Å². The Kier molecular flexibility index (Phi) is 6.04. The highest BCUT2D eigenvalue weighted by Gasteiger charge is 2.32. The van der Waals surface area contributed by atoms with Crippen LogP contribution in [0, 0.1) is 3.57 Å². The number of benzene rings is 1. The van der Waals surface area contributed by atoms with E-state index in [1.54, 1.807) is 11.2 Å². The topological polar surface area (TPSA) is 63.5 Å². The molecule has 0 radical (unpaired) electrons. The van der Waals surface area contributed by atoms with Crippen LogP contribution in [0.1, 0.15) is 27.7 Å². The Hall–Kier alpha value is -2.07. The number of nitrogens with zero attached hydrogens (tertiary/aromatic N) is 5. The lowest BCUT2D eigenvalue weighted by Gasteiger charge is -2.41. The van der Waals surface area contributed by atoms with E-state index in [4.69, 9.17) is 16.3 Å². The van der Waals surface area contributed by atoms with Crippen molar-refractivity contribution >= 4 is 57.1 Å². The zero-order valence-corrected chi connectivity index (χ0v) is 20.9. The lowest BCUT2D eigenvalue weighted by atomic mass is 10.1. The number of rotatable bonds is 2. The van der Waals surface area contributed by atoms with Gasteiger partial charge in [0.15, 0.2) is 5.65 Å². The molecule has 1 aliphatic rings. The van der Waals surface area contributed by atoms with E-state index in [2.05, 4.69) is 50.6 Å². The molecule has 0 bridgehead atoms. The molecular formula is C22H25ClIN5O2. The molecule has 7 nitrogen and oxygen atoms in total. The van der Waals surface area contributed by atoms with E-state index in [1.165, 1.54) is 0 Å². The van der Waals surface area contributed by atoms with Crippen molar-refractivity contribution in [1.29, 1.82) is 0 Å². The first-order valence-electron chi connectivity index (χ1n) is 10.2. The van der Waals surface area contributed by atoms with E-state index in [1.807, 2.05) is 49.6 Å². The highest BCUT2D eigenvalue weighted by molar-refractivity contribution is 14.1. The third-order valence-electron chi connectivity index (χ3n) is 5.15. The molecule has 1 unspecified atom stereocenters. The number of halogens is 2. The normalized spacial score (nSPS) is 17.3. The molecule has 4 rings (SSSR count). The molecule has 3 heterocycles. The van der Waals surface area contributed by atoms with Crippen LogP contribution in [-0.2, 0) is 4.74 Å². The number of carbonyl (C=O) groups excluding carboxylic acids is 1. The van der Waals surface area contributed by atoms with Gasteiger partial charge in [-0.05, 0) is 68.5 Å². The third-order valence-corrected chi connectivity index (χ3v) is 6.21. The molecule has 31 heavy (non-hydrogen) atoms. The Morgan fingerprint density at radius 3 is 2.71 bits per heavy atom. The van der Waals surface area contributed by atoms with E-state index in [-0.39, 0.29) is 12.1 Å². The molecule has 1 amide bonds. The van der Waals surface area contributed by atoms with Crippen LogP contribution in [0.3, 0.4) is 0 Å². The monoisotopic (exact) mass is 553 g/mol. The molecule has 0 spiro atoms. The van der Waals surface area contributed by atoms with Crippen LogP contribution in [0.5, 0.6) is 0 Å². The molecule has 1 aliphatic heterocycles. The summed E-state index contributed by atoms with van der Waals surface area (Å²) >= 11 is 8.53. The van der Waals surface area contributed by atoms with Gasteiger partial charge in [0.05, 0.1) is 5.39 Å². The molecule has 9 heteroatoms. The van der Waals surface area contributed by atoms with Gasteiger partial charge in [-0.1, -0.05) is 17.7 Å². The van der Waals surface area contributed by atoms with Crippen molar-refractivity contribution in [2.24, 2.45) is 0 Å². The number of ether oxygens (including phenoxy) is 1. The number of hydrogen-bond donors (Lipinski definition) is 0. The zero-order chi connectivity index (χ0) is 22.3. The van der Waals surface area contributed by atoms with Crippen LogP contribution in [0.2, 0.25) is 5.02 Å². The predicted octanol–water partition coefficient (Wildman–Crippen LogP) is 5.12. The molecule has 1 fully saturated rings. The number of aromatic nitrogens is 3. The molecule has 0 N–H and O–H groups in total. The smallest absolute Gasteiger partial charge is 0.410 e. The summed E-state index contributed by atoms with van der Waals surface area (Å²) in [5.74, 6) is 0.881. The predicted molar refractivity (Wildman–Crippen MR) is 131 cm³/mol. The number of hydrogen-bond acceptors (Lipinski definition) is 5. The molecule has 164 valence electrons. The van der Waals surface area contributed by atoms with Gasteiger partial charge >= 0.3 is 6.09 Å². The Labute approximate surface area is 200 Å². The molecule has 0 saturated carbocycles. The summed E-state index contributed by atoms with van der Waals surface area (Å²) in [5.41, 5.74) is 1.28. The second-order valence-corrected chi connectivity index (χ2v) is 10.3. The Morgan fingerprint density at radius 1 is 1.26 bits per heavy atom. The highest BCUT2D eigenvalue weighted by Crippen LogP contribution is 2.33. The average molecular weight is 554 g/mol. The lowest BCUT2D eigenvalue weighted by Crippen LogP contribution is -2.54. The van der Waals surface area contributed by atoms with E-state index >= 15 is 0 Å². The first-order chi connectivity index (χ1) is 14.6. The molecule has 1 aromatic carbocycles. The fourth-order valence-corrected chi connectivity index (χ4v) is 4.75. The maximum atomic E-state index is 12.5. The third kappa shape index (κ3) is 4.59. The van der Waals surface area contributed by atoms with Gasteiger partial charge in [-0.25, -0.2) is 14.8 Å². The van der Waals surface area contributed by atoms with Gasteiger partial charge in [0.2, 0.25) is 0 Å². The zero-order valence-electron chi connectivity index (χ0n) is 18.0. The summed E-state index contributed by atoms with van der Waals surface area (Å²) in [4.78, 5) is 25.7. The van der Waals surface area contributed by atoms with Gasteiger partial charge in [0.1, 0.15) is 17.7 Å². The van der Waals surface area contributed by atoms with Crippen molar-refractivity contribution in [1.82, 2.24) is 19.4 Å². The minimum absolute atomic E-state index is 0.0877. The Morgan fingerprint density at radius 2 is 2.03 bits per heavy atom. The number of carbonyl (C=O) groups is 1. The summed E-state index contributed by atoms with van der Waals surface area (Å²) in [6, 6.07) is 7.79. The maximum absolute atomic E-state index is 12.5. The summed E-state index contributed by atoms with van der Waals surface area (Å²) < 4.78 is 8.64. The quantitative estimate of drug-likeness (QED) is 0.412. The minimum Gasteiger partial charge on any atom is -0.444 e. The van der Waals surface area contributed by atoms with E-state index in [0.717, 1.165) is 26.1 Å². The lowest BCUT2D eigenvalue weighted by molar-refractivity contribution is 0.0218. The second-order valence-electron chi connectivity index (χ2n) is 8.69. The van der Waals surface area contributed by atoms with Gasteiger partial charge in [-0.2, -0.15) is 0 Å². The SMILES string of the molecule is CC1CN(C(=O)OC(C)(C)C)CCN1c1ncnc2c1c(I)cn2-c1cccc(Cl)c1. The van der Waals surface area contributed by atoms with E-state index in [9.17, 15) is 4.79 Å². The van der Waals surface area contributed by atoms with Gasteiger partial charge in [0.25, 0.3) is 0 Å². The van der Waals surface area contributed by atoms with E-state index in [0.29, 0.717) is 24.7 Å². The van der Waals surface area contributed by atoms with Gasteiger partial charge in [0, 0.05) is 46.2 Å². The van der Waals surface area contributed by atoms with Crippen LogP contribution in [-0.4, -0.2) is 56.8 Å². The summed E-state index contributed by atoms with van der Waals surface area (Å²) in [6.07, 6.45) is 3.38. The molecule has 2 aromatic heterocycles. The van der Waals surface area contributed by atoms with Gasteiger partial charge in [-0.3, -0.25) is 0 Å². The standard InChI is InChI=1S/C22H25ClIN5O2/c1-14-11-27(21(30)31-22(2,3)4)8-9-28(14)19-18-17(24)12-29(20(18)26-13-25-19)16-7-5-6-15(23)10-16/h5-7,10,12-14H,8-9,11H2,1-4H3. The van der Waals surface area contributed by atoms with Gasteiger partial charge in [-0.15, -0.1) is 0 Å². The van der Waals surface area contributed by atoms with Crippen molar-refractivity contribution in [3.8, 4) is 5.69 Å². The highest BCUT2D eigenvalue weighted by atomic mass is 127. The van der Waals surface area contributed by atoms with Crippen molar-refractivity contribution in [3.05, 3.63) is 45.4 Å². The molecule has 3 aromatic rings. The number of fused-ring (bicyclic) bond motifs is 1.